The van der Waals surface area contributed by atoms with Gasteiger partial charge in [0.2, 0.25) is 0 Å². The fourth-order valence-electron chi connectivity index (χ4n) is 2.53. The Morgan fingerprint density at radius 2 is 2.04 bits per heavy atom. The molecule has 0 saturated heterocycles. The molecule has 1 aliphatic carbocycles. The molecule has 0 aromatic carbocycles. The van der Waals surface area contributed by atoms with E-state index in [9.17, 15) is 13.2 Å². The molecule has 126 valence electrons. The second-order valence-electron chi connectivity index (χ2n) is 5.58. The molecular weight excluding hydrogens is 343 g/mol. The van der Waals surface area contributed by atoms with E-state index in [2.05, 4.69) is 25.3 Å². The van der Waals surface area contributed by atoms with Crippen molar-refractivity contribution in [2.24, 2.45) is 7.05 Å². The fourth-order valence-corrected chi connectivity index (χ4v) is 3.42. The molecule has 0 amide bonds. The van der Waals surface area contributed by atoms with Crippen molar-refractivity contribution < 1.29 is 13.2 Å². The van der Waals surface area contributed by atoms with Crippen molar-refractivity contribution >= 4 is 17.5 Å². The van der Waals surface area contributed by atoms with Gasteiger partial charge in [-0.05, 0) is 24.6 Å². The molecule has 0 N–H and O–H groups in total. The third-order valence-electron chi connectivity index (χ3n) is 4.04. The van der Waals surface area contributed by atoms with Crippen LogP contribution >= 0.6 is 11.8 Å². The lowest BCUT2D eigenvalue weighted by Crippen LogP contribution is -2.14. The second kappa shape index (κ2) is 5.43. The Balaban J connectivity index is 1.74. The molecule has 1 fully saturated rings. The van der Waals surface area contributed by atoms with Crippen LogP contribution in [0.4, 0.5) is 13.2 Å². The highest BCUT2D eigenvalue weighted by Crippen LogP contribution is 2.37. The van der Waals surface area contributed by atoms with Gasteiger partial charge in [0.25, 0.3) is 5.78 Å². The maximum atomic E-state index is 13.0. The summed E-state index contributed by atoms with van der Waals surface area (Å²) in [6.45, 7) is 0. The highest BCUT2D eigenvalue weighted by atomic mass is 32.2. The third-order valence-corrected chi connectivity index (χ3v) is 5.08. The summed E-state index contributed by atoms with van der Waals surface area (Å²) in [6, 6.07) is 0.948. The first kappa shape index (κ1) is 15.4. The normalized spacial score (nSPS) is 15.8. The molecule has 0 spiro atoms. The Morgan fingerprint density at radius 1 is 1.25 bits per heavy atom. The lowest BCUT2D eigenvalue weighted by Gasteiger charge is -2.23. The van der Waals surface area contributed by atoms with Crippen molar-refractivity contribution in [2.45, 2.75) is 41.5 Å². The zero-order chi connectivity index (χ0) is 16.9. The van der Waals surface area contributed by atoms with E-state index in [0.29, 0.717) is 11.1 Å². The SMILES string of the molecule is Cn1c(Sc2cc(C(F)(F)F)nc3ncnn23)nnc1C1CCC1. The summed E-state index contributed by atoms with van der Waals surface area (Å²) in [4.78, 5) is 7.25. The zero-order valence-electron chi connectivity index (χ0n) is 12.5. The molecule has 24 heavy (non-hydrogen) atoms. The molecule has 4 rings (SSSR count). The van der Waals surface area contributed by atoms with Gasteiger partial charge in [-0.25, -0.2) is 4.98 Å². The quantitative estimate of drug-likeness (QED) is 0.673. The van der Waals surface area contributed by atoms with Crippen molar-refractivity contribution in [2.75, 3.05) is 0 Å². The fraction of sp³-hybridized carbons (Fsp3) is 0.462. The molecule has 7 nitrogen and oxygen atoms in total. The molecule has 3 aromatic heterocycles. The van der Waals surface area contributed by atoms with E-state index in [0.717, 1.165) is 36.5 Å². The van der Waals surface area contributed by atoms with Crippen molar-refractivity contribution in [1.82, 2.24) is 34.3 Å². The van der Waals surface area contributed by atoms with Gasteiger partial charge in [0.15, 0.2) is 10.9 Å². The van der Waals surface area contributed by atoms with Gasteiger partial charge < -0.3 is 4.57 Å². The van der Waals surface area contributed by atoms with Crippen LogP contribution in [0.2, 0.25) is 0 Å². The lowest BCUT2D eigenvalue weighted by molar-refractivity contribution is -0.141. The summed E-state index contributed by atoms with van der Waals surface area (Å²) >= 11 is 1.06. The minimum atomic E-state index is -4.56. The molecule has 11 heteroatoms. The minimum absolute atomic E-state index is 0.103. The predicted molar refractivity (Wildman–Crippen MR) is 77.5 cm³/mol. The molecule has 0 radical (unpaired) electrons. The van der Waals surface area contributed by atoms with Gasteiger partial charge >= 0.3 is 6.18 Å². The monoisotopic (exact) mass is 355 g/mol. The van der Waals surface area contributed by atoms with E-state index >= 15 is 0 Å². The van der Waals surface area contributed by atoms with Crippen molar-refractivity contribution in [3.8, 4) is 0 Å². The highest BCUT2D eigenvalue weighted by Gasteiger charge is 2.34. The van der Waals surface area contributed by atoms with Crippen molar-refractivity contribution in [1.29, 1.82) is 0 Å². The topological polar surface area (TPSA) is 73.8 Å². The number of alkyl halides is 3. The standard InChI is InChI=1S/C13H12F3N7S/c1-22-10(7-3-2-4-7)20-21-12(22)24-9-5-8(13(14,15)16)19-11-17-6-18-23(9)11/h5-7H,2-4H2,1H3. The number of hydrogen-bond acceptors (Lipinski definition) is 6. The number of rotatable bonds is 3. The summed E-state index contributed by atoms with van der Waals surface area (Å²) in [6.07, 6.45) is -0.0865. The summed E-state index contributed by atoms with van der Waals surface area (Å²) < 4.78 is 42.1. The average Bonchev–Trinajstić information content (AvgIpc) is 3.06. The van der Waals surface area contributed by atoms with Crippen LogP contribution < -0.4 is 0 Å². The highest BCUT2D eigenvalue weighted by molar-refractivity contribution is 7.99. The molecule has 0 atom stereocenters. The van der Waals surface area contributed by atoms with Gasteiger partial charge in [-0.3, -0.25) is 0 Å². The molecule has 0 bridgehead atoms. The molecule has 3 aromatic rings. The second-order valence-corrected chi connectivity index (χ2v) is 6.57. The van der Waals surface area contributed by atoms with Crippen LogP contribution in [-0.4, -0.2) is 34.3 Å². The molecule has 1 saturated carbocycles. The van der Waals surface area contributed by atoms with E-state index in [1.807, 2.05) is 11.6 Å². The summed E-state index contributed by atoms with van der Waals surface area (Å²) in [5, 5.41) is 13.0. The Labute approximate surface area is 138 Å². The zero-order valence-corrected chi connectivity index (χ0v) is 13.3. The van der Waals surface area contributed by atoms with Crippen LogP contribution in [0.25, 0.3) is 5.78 Å². The Kier molecular flexibility index (Phi) is 3.48. The van der Waals surface area contributed by atoms with E-state index in [1.54, 1.807) is 0 Å². The smallest absolute Gasteiger partial charge is 0.309 e. The van der Waals surface area contributed by atoms with Gasteiger partial charge in [-0.1, -0.05) is 6.42 Å². The van der Waals surface area contributed by atoms with Gasteiger partial charge in [0.1, 0.15) is 17.2 Å². The minimum Gasteiger partial charge on any atom is -0.309 e. The molecule has 0 unspecified atom stereocenters. The summed E-state index contributed by atoms with van der Waals surface area (Å²) in [7, 11) is 1.82. The van der Waals surface area contributed by atoms with E-state index in [1.165, 1.54) is 17.3 Å². The van der Waals surface area contributed by atoms with Gasteiger partial charge in [-0.15, -0.1) is 10.2 Å². The van der Waals surface area contributed by atoms with Gasteiger partial charge in [-0.2, -0.15) is 27.8 Å². The molecular formula is C13H12F3N7S. The number of halogens is 3. The first-order chi connectivity index (χ1) is 11.4. The largest absolute Gasteiger partial charge is 0.433 e. The van der Waals surface area contributed by atoms with Crippen LogP contribution in [0.1, 0.15) is 36.7 Å². The first-order valence-corrected chi connectivity index (χ1v) is 8.10. The molecule has 0 aliphatic heterocycles. The van der Waals surface area contributed by atoms with Gasteiger partial charge in [0, 0.05) is 19.0 Å². The number of fused-ring (bicyclic) bond motifs is 1. The van der Waals surface area contributed by atoms with Gasteiger partial charge in [0.05, 0.1) is 0 Å². The maximum absolute atomic E-state index is 13.0. The Bertz CT molecular complexity index is 897. The Hall–Kier alpha value is -2.17. The van der Waals surface area contributed by atoms with Crippen LogP contribution in [0.15, 0.2) is 22.6 Å². The van der Waals surface area contributed by atoms with E-state index in [4.69, 9.17) is 0 Å². The van der Waals surface area contributed by atoms with Crippen molar-refractivity contribution in [3.05, 3.63) is 23.9 Å². The Morgan fingerprint density at radius 3 is 2.71 bits per heavy atom. The number of nitrogens with zero attached hydrogens (tertiary/aromatic N) is 7. The number of aromatic nitrogens is 7. The van der Waals surface area contributed by atoms with Crippen LogP contribution in [0, 0.1) is 0 Å². The predicted octanol–water partition coefficient (Wildman–Crippen LogP) is 2.69. The van der Waals surface area contributed by atoms with Crippen LogP contribution in [-0.2, 0) is 13.2 Å². The van der Waals surface area contributed by atoms with E-state index < -0.39 is 11.9 Å². The number of hydrogen-bond donors (Lipinski definition) is 0. The lowest BCUT2D eigenvalue weighted by atomic mass is 9.85. The third kappa shape index (κ3) is 2.52. The van der Waals surface area contributed by atoms with Crippen LogP contribution in [0.3, 0.4) is 0 Å². The molecule has 3 heterocycles. The maximum Gasteiger partial charge on any atom is 0.433 e. The molecule has 1 aliphatic rings. The van der Waals surface area contributed by atoms with E-state index in [-0.39, 0.29) is 10.8 Å². The van der Waals surface area contributed by atoms with Crippen LogP contribution in [0.5, 0.6) is 0 Å². The summed E-state index contributed by atoms with van der Waals surface area (Å²) in [5.41, 5.74) is -1.01. The average molecular weight is 355 g/mol. The first-order valence-electron chi connectivity index (χ1n) is 7.28. The summed E-state index contributed by atoms with van der Waals surface area (Å²) in [5.74, 6) is 1.14. The van der Waals surface area contributed by atoms with Crippen molar-refractivity contribution in [3.63, 3.8) is 0 Å².